The second kappa shape index (κ2) is 8.49. The normalized spacial score (nSPS) is 15.3. The second-order valence-electron chi connectivity index (χ2n) is 6.52. The van der Waals surface area contributed by atoms with Gasteiger partial charge in [0.15, 0.2) is 0 Å². The van der Waals surface area contributed by atoms with Crippen LogP contribution in [-0.2, 0) is 11.3 Å². The number of morpholine rings is 1. The van der Waals surface area contributed by atoms with Crippen molar-refractivity contribution in [2.24, 2.45) is 5.73 Å². The molecule has 0 bridgehead atoms. The third-order valence-electron chi connectivity index (χ3n) is 4.52. The van der Waals surface area contributed by atoms with Gasteiger partial charge in [-0.05, 0) is 35.4 Å². The molecule has 138 valence electrons. The van der Waals surface area contributed by atoms with Gasteiger partial charge >= 0.3 is 0 Å². The van der Waals surface area contributed by atoms with Crippen LogP contribution in [0.2, 0.25) is 0 Å². The molecule has 0 aliphatic carbocycles. The van der Waals surface area contributed by atoms with Gasteiger partial charge in [-0.15, -0.1) is 0 Å². The number of hydrogen-bond acceptors (Lipinski definition) is 6. The molecule has 0 unspecified atom stereocenters. The van der Waals surface area contributed by atoms with Crippen molar-refractivity contribution in [3.8, 4) is 6.07 Å². The number of nitrogens with two attached hydrogens (primary N) is 2. The molecule has 2 aromatic carbocycles. The third-order valence-corrected chi connectivity index (χ3v) is 4.52. The molecule has 0 atom stereocenters. The summed E-state index contributed by atoms with van der Waals surface area (Å²) in [6.45, 7) is 4.27. The van der Waals surface area contributed by atoms with Crippen LogP contribution in [0.1, 0.15) is 22.3 Å². The number of nitrogen functional groups attached to an aromatic ring is 1. The van der Waals surface area contributed by atoms with Crippen LogP contribution in [-0.4, -0.2) is 36.9 Å². The molecule has 2 aromatic rings. The van der Waals surface area contributed by atoms with E-state index in [-0.39, 0.29) is 5.71 Å². The molecule has 0 aromatic heterocycles. The van der Waals surface area contributed by atoms with Crippen molar-refractivity contribution in [1.29, 1.82) is 10.7 Å². The van der Waals surface area contributed by atoms with Gasteiger partial charge in [0, 0.05) is 30.9 Å². The molecule has 1 aliphatic heterocycles. The maximum absolute atomic E-state index is 9.05. The Kier molecular flexibility index (Phi) is 5.87. The Labute approximate surface area is 159 Å². The average molecular weight is 361 g/mol. The first-order valence-corrected chi connectivity index (χ1v) is 8.82. The van der Waals surface area contributed by atoms with E-state index < -0.39 is 0 Å². The smallest absolute Gasteiger partial charge is 0.0991 e. The Morgan fingerprint density at radius 3 is 2.74 bits per heavy atom. The quantitative estimate of drug-likeness (QED) is 0.559. The lowest BCUT2D eigenvalue weighted by Gasteiger charge is -2.26. The largest absolute Gasteiger partial charge is 0.398 e. The molecule has 6 heteroatoms. The van der Waals surface area contributed by atoms with Crippen LogP contribution < -0.4 is 11.5 Å². The number of benzene rings is 2. The molecule has 0 spiro atoms. The summed E-state index contributed by atoms with van der Waals surface area (Å²) < 4.78 is 5.39. The summed E-state index contributed by atoms with van der Waals surface area (Å²) in [6.07, 6.45) is 1.77. The van der Waals surface area contributed by atoms with Crippen molar-refractivity contribution >= 4 is 17.5 Å². The zero-order valence-corrected chi connectivity index (χ0v) is 15.1. The van der Waals surface area contributed by atoms with Gasteiger partial charge in [0.2, 0.25) is 0 Å². The maximum atomic E-state index is 9.05. The highest BCUT2D eigenvalue weighted by atomic mass is 16.5. The fourth-order valence-electron chi connectivity index (χ4n) is 3.05. The van der Waals surface area contributed by atoms with Crippen LogP contribution in [0.15, 0.2) is 48.2 Å². The monoisotopic (exact) mass is 361 g/mol. The molecule has 1 saturated heterocycles. The molecule has 5 N–H and O–H groups in total. The van der Waals surface area contributed by atoms with Gasteiger partial charge in [-0.2, -0.15) is 5.26 Å². The summed E-state index contributed by atoms with van der Waals surface area (Å²) >= 11 is 0. The van der Waals surface area contributed by atoms with Crippen molar-refractivity contribution in [2.75, 3.05) is 32.0 Å². The highest BCUT2D eigenvalue weighted by Crippen LogP contribution is 2.18. The number of nitrogens with one attached hydrogen (secondary N) is 1. The molecule has 1 heterocycles. The number of ether oxygens (including phenoxy) is 1. The summed E-state index contributed by atoms with van der Waals surface area (Å²) in [6, 6.07) is 15.0. The molecular formula is C21H23N5O. The maximum Gasteiger partial charge on any atom is 0.0991 e. The van der Waals surface area contributed by atoms with Crippen molar-refractivity contribution in [2.45, 2.75) is 6.54 Å². The molecule has 1 aliphatic rings. The highest BCUT2D eigenvalue weighted by molar-refractivity contribution is 6.15. The van der Waals surface area contributed by atoms with E-state index in [1.807, 2.05) is 12.1 Å². The first-order chi connectivity index (χ1) is 13.1. The van der Waals surface area contributed by atoms with E-state index in [0.717, 1.165) is 38.4 Å². The molecule has 0 saturated carbocycles. The number of nitriles is 1. The zero-order valence-electron chi connectivity index (χ0n) is 15.1. The summed E-state index contributed by atoms with van der Waals surface area (Å²) in [5.41, 5.74) is 16.0. The van der Waals surface area contributed by atoms with Gasteiger partial charge in [0.05, 0.1) is 36.3 Å². The third kappa shape index (κ3) is 4.73. The van der Waals surface area contributed by atoms with Gasteiger partial charge in [-0.3, -0.25) is 10.3 Å². The van der Waals surface area contributed by atoms with Crippen LogP contribution >= 0.6 is 0 Å². The Morgan fingerprint density at radius 2 is 2.00 bits per heavy atom. The van der Waals surface area contributed by atoms with E-state index in [0.29, 0.717) is 22.5 Å². The fraction of sp³-hybridized carbons (Fsp3) is 0.238. The van der Waals surface area contributed by atoms with Crippen LogP contribution in [0.3, 0.4) is 0 Å². The van der Waals surface area contributed by atoms with E-state index >= 15 is 0 Å². The van der Waals surface area contributed by atoms with Gasteiger partial charge in [0.25, 0.3) is 0 Å². The Bertz CT molecular complexity index is 907. The standard InChI is InChI=1S/C21H23N5O/c22-13-16-4-5-19(23)18(11-16)21(25)20(24)12-15-2-1-3-17(10-15)14-26-6-8-27-9-7-26/h1-5,10-12,25H,6-9,14,23-24H2/b20-12-,25-21?. The van der Waals surface area contributed by atoms with E-state index in [1.54, 1.807) is 24.3 Å². The molecule has 0 amide bonds. The lowest BCUT2D eigenvalue weighted by Crippen LogP contribution is -2.35. The van der Waals surface area contributed by atoms with Crippen LogP contribution in [0.4, 0.5) is 5.69 Å². The summed E-state index contributed by atoms with van der Waals surface area (Å²) in [5.74, 6) is 0. The van der Waals surface area contributed by atoms with Crippen molar-refractivity contribution in [3.05, 3.63) is 70.4 Å². The van der Waals surface area contributed by atoms with Gasteiger partial charge in [-0.25, -0.2) is 0 Å². The topological polar surface area (TPSA) is 112 Å². The molecule has 1 fully saturated rings. The van der Waals surface area contributed by atoms with Gasteiger partial charge in [-0.1, -0.05) is 24.3 Å². The highest BCUT2D eigenvalue weighted by Gasteiger charge is 2.12. The molecular weight excluding hydrogens is 338 g/mol. The predicted octanol–water partition coefficient (Wildman–Crippen LogP) is 2.34. The average Bonchev–Trinajstić information content (AvgIpc) is 2.69. The van der Waals surface area contributed by atoms with Crippen molar-refractivity contribution < 1.29 is 4.74 Å². The summed E-state index contributed by atoms with van der Waals surface area (Å²) in [4.78, 5) is 2.35. The SMILES string of the molecule is N#Cc1ccc(N)c(C(=N)/C(N)=C/c2cccc(CN3CCOCC3)c2)c1. The lowest BCUT2D eigenvalue weighted by molar-refractivity contribution is 0.0342. The van der Waals surface area contributed by atoms with E-state index in [4.69, 9.17) is 26.9 Å². The number of allylic oxidation sites excluding steroid dienone is 1. The molecule has 3 rings (SSSR count). The Hall–Kier alpha value is -3.14. The summed E-state index contributed by atoms with van der Waals surface area (Å²) in [7, 11) is 0. The Morgan fingerprint density at radius 1 is 1.22 bits per heavy atom. The number of anilines is 1. The minimum absolute atomic E-state index is 0.114. The molecule has 27 heavy (non-hydrogen) atoms. The fourth-order valence-corrected chi connectivity index (χ4v) is 3.05. The number of hydrogen-bond donors (Lipinski definition) is 3. The Balaban J connectivity index is 1.78. The lowest BCUT2D eigenvalue weighted by atomic mass is 10.0. The predicted molar refractivity (Wildman–Crippen MR) is 107 cm³/mol. The zero-order chi connectivity index (χ0) is 19.2. The van der Waals surface area contributed by atoms with Crippen molar-refractivity contribution in [1.82, 2.24) is 4.90 Å². The second-order valence-corrected chi connectivity index (χ2v) is 6.52. The van der Waals surface area contributed by atoms with Crippen molar-refractivity contribution in [3.63, 3.8) is 0 Å². The minimum Gasteiger partial charge on any atom is -0.398 e. The van der Waals surface area contributed by atoms with E-state index in [1.165, 1.54) is 5.56 Å². The van der Waals surface area contributed by atoms with Gasteiger partial charge in [0.1, 0.15) is 0 Å². The van der Waals surface area contributed by atoms with Crippen LogP contribution in [0, 0.1) is 16.7 Å². The van der Waals surface area contributed by atoms with Gasteiger partial charge < -0.3 is 16.2 Å². The molecule has 6 nitrogen and oxygen atoms in total. The first-order valence-electron chi connectivity index (χ1n) is 8.82. The number of rotatable bonds is 5. The first kappa shape index (κ1) is 18.6. The minimum atomic E-state index is 0.114. The molecule has 0 radical (unpaired) electrons. The van der Waals surface area contributed by atoms with Crippen LogP contribution in [0.5, 0.6) is 0 Å². The number of nitrogens with zero attached hydrogens (tertiary/aromatic N) is 2. The van der Waals surface area contributed by atoms with Crippen LogP contribution in [0.25, 0.3) is 6.08 Å². The van der Waals surface area contributed by atoms with E-state index in [9.17, 15) is 0 Å². The van der Waals surface area contributed by atoms with E-state index in [2.05, 4.69) is 23.1 Å². The summed E-state index contributed by atoms with van der Waals surface area (Å²) in [5, 5.41) is 17.4.